The van der Waals surface area contributed by atoms with Crippen molar-refractivity contribution in [1.82, 2.24) is 4.72 Å². The Balaban J connectivity index is 3.08. The van der Waals surface area contributed by atoms with Crippen molar-refractivity contribution in [3.05, 3.63) is 35.4 Å². The van der Waals surface area contributed by atoms with Crippen LogP contribution < -0.4 is 4.72 Å². The van der Waals surface area contributed by atoms with Crippen molar-refractivity contribution in [1.29, 1.82) is 0 Å². The minimum atomic E-state index is -3.85. The van der Waals surface area contributed by atoms with Crippen LogP contribution in [0.1, 0.15) is 15.9 Å². The second-order valence-corrected chi connectivity index (χ2v) is 4.65. The second kappa shape index (κ2) is 3.89. The van der Waals surface area contributed by atoms with Crippen molar-refractivity contribution in [3.8, 4) is 0 Å². The summed E-state index contributed by atoms with van der Waals surface area (Å²) in [7, 11) is -2.64. The van der Waals surface area contributed by atoms with Gasteiger partial charge in [-0.2, -0.15) is 0 Å². The van der Waals surface area contributed by atoms with E-state index in [1.165, 1.54) is 19.2 Å². The Morgan fingerprint density at radius 2 is 1.71 bits per heavy atom. The van der Waals surface area contributed by atoms with E-state index in [2.05, 4.69) is 0 Å². The Kier molecular flexibility index (Phi) is 3.03. The molecule has 1 rings (SSSR count). The van der Waals surface area contributed by atoms with Gasteiger partial charge in [-0.3, -0.25) is 4.79 Å². The summed E-state index contributed by atoms with van der Waals surface area (Å²) in [6, 6.07) is 6.37. The molecule has 0 saturated carbocycles. The molecule has 76 valence electrons. The monoisotopic (exact) mass is 213 g/mol. The summed E-state index contributed by atoms with van der Waals surface area (Å²) in [5.41, 5.74) is 1.15. The van der Waals surface area contributed by atoms with E-state index in [1.54, 1.807) is 12.1 Å². The average Bonchev–Trinajstić information content (AvgIpc) is 2.18. The van der Waals surface area contributed by atoms with E-state index in [0.29, 0.717) is 0 Å². The Labute approximate surface area is 83.0 Å². The predicted molar refractivity (Wildman–Crippen MR) is 53.5 cm³/mol. The number of carbonyl (C=O) groups is 1. The van der Waals surface area contributed by atoms with Gasteiger partial charge in [0.15, 0.2) is 0 Å². The van der Waals surface area contributed by atoms with Crippen LogP contribution in [0.2, 0.25) is 0 Å². The molecule has 0 aromatic heterocycles. The standard InChI is InChI=1S/C9H11NO3S/c1-7-3-5-8(6-4-7)9(11)14(12,13)10-2/h3-6,10H,1-2H3. The van der Waals surface area contributed by atoms with Gasteiger partial charge in [-0.05, 0) is 26.1 Å². The van der Waals surface area contributed by atoms with Gasteiger partial charge in [0.25, 0.3) is 15.1 Å². The molecule has 1 N–H and O–H groups in total. The van der Waals surface area contributed by atoms with Crippen molar-refractivity contribution in [2.75, 3.05) is 7.05 Å². The van der Waals surface area contributed by atoms with Gasteiger partial charge in [-0.1, -0.05) is 17.7 Å². The van der Waals surface area contributed by atoms with Gasteiger partial charge < -0.3 is 0 Å². The zero-order valence-corrected chi connectivity index (χ0v) is 8.76. The zero-order chi connectivity index (χ0) is 10.8. The molecule has 0 heterocycles. The molecular formula is C9H11NO3S. The van der Waals surface area contributed by atoms with Gasteiger partial charge in [0.05, 0.1) is 0 Å². The maximum atomic E-state index is 11.4. The first-order valence-electron chi connectivity index (χ1n) is 4.02. The van der Waals surface area contributed by atoms with Crippen LogP contribution in [0.3, 0.4) is 0 Å². The van der Waals surface area contributed by atoms with Crippen molar-refractivity contribution in [2.24, 2.45) is 0 Å². The van der Waals surface area contributed by atoms with Crippen LogP contribution in [0.25, 0.3) is 0 Å². The lowest BCUT2D eigenvalue weighted by atomic mass is 10.2. The molecule has 0 unspecified atom stereocenters. The molecule has 0 aliphatic heterocycles. The van der Waals surface area contributed by atoms with Crippen LogP contribution in [0.5, 0.6) is 0 Å². The third-order valence-electron chi connectivity index (χ3n) is 1.80. The topological polar surface area (TPSA) is 63.2 Å². The Morgan fingerprint density at radius 1 is 1.21 bits per heavy atom. The number of rotatable bonds is 2. The summed E-state index contributed by atoms with van der Waals surface area (Å²) in [5.74, 6) is 0. The lowest BCUT2D eigenvalue weighted by molar-refractivity contribution is 0.107. The molecule has 5 heteroatoms. The zero-order valence-electron chi connectivity index (χ0n) is 7.94. The van der Waals surface area contributed by atoms with Crippen LogP contribution >= 0.6 is 0 Å². The highest BCUT2D eigenvalue weighted by Crippen LogP contribution is 2.06. The van der Waals surface area contributed by atoms with Crippen molar-refractivity contribution < 1.29 is 13.2 Å². The first kappa shape index (κ1) is 10.9. The minimum absolute atomic E-state index is 0.171. The summed E-state index contributed by atoms with van der Waals surface area (Å²) < 4.78 is 24.2. The highest BCUT2D eigenvalue weighted by atomic mass is 32.2. The summed E-state index contributed by atoms with van der Waals surface area (Å²) in [5, 5.41) is -0.903. The SMILES string of the molecule is CNS(=O)(=O)C(=O)c1ccc(C)cc1. The van der Waals surface area contributed by atoms with Gasteiger partial charge >= 0.3 is 0 Å². The van der Waals surface area contributed by atoms with Crippen LogP contribution in [-0.4, -0.2) is 20.6 Å². The lowest BCUT2D eigenvalue weighted by Crippen LogP contribution is -2.27. The molecule has 14 heavy (non-hydrogen) atoms. The molecule has 1 aromatic carbocycles. The third kappa shape index (κ3) is 2.18. The summed E-state index contributed by atoms with van der Waals surface area (Å²) in [6.45, 7) is 1.86. The number of sulfonamides is 1. The smallest absolute Gasteiger partial charge is 0.274 e. The van der Waals surface area contributed by atoms with Crippen molar-refractivity contribution >= 4 is 15.1 Å². The van der Waals surface area contributed by atoms with Crippen LogP contribution in [0, 0.1) is 6.92 Å². The highest BCUT2D eigenvalue weighted by molar-refractivity contribution is 8.04. The van der Waals surface area contributed by atoms with Crippen molar-refractivity contribution in [2.45, 2.75) is 6.92 Å². The van der Waals surface area contributed by atoms with E-state index in [-0.39, 0.29) is 5.56 Å². The number of carbonyl (C=O) groups excluding carboxylic acids is 1. The van der Waals surface area contributed by atoms with E-state index >= 15 is 0 Å². The molecule has 0 fully saturated rings. The normalized spacial score (nSPS) is 11.3. The van der Waals surface area contributed by atoms with Crippen LogP contribution in [0.4, 0.5) is 0 Å². The van der Waals surface area contributed by atoms with Gasteiger partial charge in [-0.25, -0.2) is 13.1 Å². The molecule has 1 aromatic rings. The molecule has 0 aliphatic rings. The van der Waals surface area contributed by atoms with E-state index in [4.69, 9.17) is 0 Å². The largest absolute Gasteiger partial charge is 0.291 e. The first-order valence-corrected chi connectivity index (χ1v) is 5.50. The molecular weight excluding hydrogens is 202 g/mol. The van der Waals surface area contributed by atoms with E-state index in [1.807, 2.05) is 11.6 Å². The van der Waals surface area contributed by atoms with E-state index < -0.39 is 15.1 Å². The van der Waals surface area contributed by atoms with E-state index in [9.17, 15) is 13.2 Å². The first-order chi connectivity index (χ1) is 6.47. The number of nitrogens with one attached hydrogen (secondary N) is 1. The van der Waals surface area contributed by atoms with Gasteiger partial charge in [0.1, 0.15) is 0 Å². The molecule has 0 spiro atoms. The fraction of sp³-hybridized carbons (Fsp3) is 0.222. The maximum absolute atomic E-state index is 11.4. The Hall–Kier alpha value is -1.20. The van der Waals surface area contributed by atoms with E-state index in [0.717, 1.165) is 5.56 Å². The predicted octanol–water partition coefficient (Wildman–Crippen LogP) is 0.684. The average molecular weight is 213 g/mol. The molecule has 0 radical (unpaired) electrons. The molecule has 0 aliphatic carbocycles. The van der Waals surface area contributed by atoms with Crippen LogP contribution in [-0.2, 0) is 10.0 Å². The second-order valence-electron chi connectivity index (χ2n) is 2.86. The number of aryl methyl sites for hydroxylation is 1. The quantitative estimate of drug-likeness (QED) is 0.786. The number of hydrogen-bond donors (Lipinski definition) is 1. The lowest BCUT2D eigenvalue weighted by Gasteiger charge is -2.01. The molecule has 0 saturated heterocycles. The van der Waals surface area contributed by atoms with Crippen LogP contribution in [0.15, 0.2) is 24.3 Å². The molecule has 4 nitrogen and oxygen atoms in total. The third-order valence-corrected chi connectivity index (χ3v) is 3.06. The summed E-state index contributed by atoms with van der Waals surface area (Å²) in [6.07, 6.45) is 0. The minimum Gasteiger partial charge on any atom is -0.274 e. The summed E-state index contributed by atoms with van der Waals surface area (Å²) in [4.78, 5) is 11.4. The molecule has 0 amide bonds. The Bertz CT molecular complexity index is 434. The van der Waals surface area contributed by atoms with Gasteiger partial charge in [-0.15, -0.1) is 0 Å². The molecule has 0 atom stereocenters. The maximum Gasteiger partial charge on any atom is 0.291 e. The fourth-order valence-corrected chi connectivity index (χ4v) is 1.57. The Morgan fingerprint density at radius 3 is 2.14 bits per heavy atom. The molecule has 0 bridgehead atoms. The number of benzene rings is 1. The fourth-order valence-electron chi connectivity index (χ4n) is 0.937. The van der Waals surface area contributed by atoms with Crippen molar-refractivity contribution in [3.63, 3.8) is 0 Å². The van der Waals surface area contributed by atoms with Gasteiger partial charge in [0, 0.05) is 5.56 Å². The summed E-state index contributed by atoms with van der Waals surface area (Å²) >= 11 is 0. The van der Waals surface area contributed by atoms with Gasteiger partial charge in [0.2, 0.25) is 0 Å². The number of hydrogen-bond acceptors (Lipinski definition) is 3. The highest BCUT2D eigenvalue weighted by Gasteiger charge is 2.21.